The summed E-state index contributed by atoms with van der Waals surface area (Å²) in [5, 5.41) is 2.57. The van der Waals surface area contributed by atoms with Crippen LogP contribution in [-0.2, 0) is 25.5 Å². The summed E-state index contributed by atoms with van der Waals surface area (Å²) < 4.78 is 42.4. The summed E-state index contributed by atoms with van der Waals surface area (Å²) in [4.78, 5) is 12.0. The summed E-state index contributed by atoms with van der Waals surface area (Å²) in [7, 11) is 1.49. The quantitative estimate of drug-likeness (QED) is 0.869. The number of carbonyl (C=O) groups is 1. The summed E-state index contributed by atoms with van der Waals surface area (Å²) >= 11 is 0. The van der Waals surface area contributed by atoms with Gasteiger partial charge in [-0.2, -0.15) is 0 Å². The van der Waals surface area contributed by atoms with Gasteiger partial charge >= 0.3 is 0 Å². The number of benzene rings is 1. The topological polar surface area (TPSA) is 56.8 Å². The van der Waals surface area contributed by atoms with Gasteiger partial charge in [-0.1, -0.05) is 6.07 Å². The van der Waals surface area contributed by atoms with E-state index in [4.69, 9.17) is 14.2 Å². The number of amides is 1. The molecule has 0 aliphatic carbocycles. The van der Waals surface area contributed by atoms with Gasteiger partial charge in [-0.25, -0.2) is 8.78 Å². The monoisotopic (exact) mass is 315 g/mol. The molecule has 1 aromatic carbocycles. The zero-order valence-corrected chi connectivity index (χ0v) is 12.4. The van der Waals surface area contributed by atoms with Crippen molar-refractivity contribution in [1.82, 2.24) is 5.32 Å². The number of methoxy groups -OCH3 is 1. The van der Waals surface area contributed by atoms with Crippen molar-refractivity contribution in [3.8, 4) is 0 Å². The number of hydrogen-bond acceptors (Lipinski definition) is 4. The van der Waals surface area contributed by atoms with Crippen molar-refractivity contribution < 1.29 is 27.8 Å². The van der Waals surface area contributed by atoms with E-state index in [1.54, 1.807) is 0 Å². The van der Waals surface area contributed by atoms with Crippen molar-refractivity contribution in [1.29, 1.82) is 0 Å². The average molecular weight is 315 g/mol. The van der Waals surface area contributed by atoms with E-state index in [0.29, 0.717) is 13.2 Å². The van der Waals surface area contributed by atoms with Crippen LogP contribution in [0.1, 0.15) is 18.4 Å². The van der Waals surface area contributed by atoms with Gasteiger partial charge in [0.2, 0.25) is 11.7 Å². The molecule has 1 saturated heterocycles. The van der Waals surface area contributed by atoms with Crippen molar-refractivity contribution in [2.45, 2.75) is 25.2 Å². The lowest BCUT2D eigenvalue weighted by Crippen LogP contribution is -2.48. The van der Waals surface area contributed by atoms with Gasteiger partial charge in [-0.05, 0) is 12.5 Å². The highest BCUT2D eigenvalue weighted by Crippen LogP contribution is 2.23. The first-order valence-corrected chi connectivity index (χ1v) is 7.02. The van der Waals surface area contributed by atoms with Gasteiger partial charge in [0.25, 0.3) is 0 Å². The summed E-state index contributed by atoms with van der Waals surface area (Å²) in [6.45, 7) is 1.08. The normalized spacial score (nSPS) is 17.2. The Hall–Kier alpha value is -1.57. The molecule has 0 saturated carbocycles. The fourth-order valence-corrected chi connectivity index (χ4v) is 2.24. The molecule has 0 spiro atoms. The molecule has 2 rings (SSSR count). The van der Waals surface area contributed by atoms with Crippen LogP contribution in [0.25, 0.3) is 0 Å². The molecule has 1 fully saturated rings. The van der Waals surface area contributed by atoms with Crippen LogP contribution in [0.4, 0.5) is 8.78 Å². The van der Waals surface area contributed by atoms with Crippen LogP contribution in [0.3, 0.4) is 0 Å². The smallest absolute Gasteiger partial charge is 0.225 e. The second kappa shape index (κ2) is 7.62. The van der Waals surface area contributed by atoms with Crippen LogP contribution in [0, 0.1) is 11.6 Å². The van der Waals surface area contributed by atoms with E-state index in [1.807, 2.05) is 0 Å². The molecule has 22 heavy (non-hydrogen) atoms. The molecule has 7 heteroatoms. The number of halogens is 2. The van der Waals surface area contributed by atoms with Gasteiger partial charge in [0.15, 0.2) is 0 Å². The average Bonchev–Trinajstić information content (AvgIpc) is 2.47. The first kappa shape index (κ1) is 16.8. The van der Waals surface area contributed by atoms with Crippen molar-refractivity contribution >= 4 is 5.91 Å². The van der Waals surface area contributed by atoms with Crippen molar-refractivity contribution in [3.05, 3.63) is 35.4 Å². The van der Waals surface area contributed by atoms with Gasteiger partial charge in [0, 0.05) is 25.3 Å². The van der Waals surface area contributed by atoms with Crippen LogP contribution in [0.2, 0.25) is 0 Å². The molecule has 1 heterocycles. The summed E-state index contributed by atoms with van der Waals surface area (Å²) in [6, 6.07) is 3.22. The molecule has 1 aliphatic rings. The van der Waals surface area contributed by atoms with Gasteiger partial charge in [0.05, 0.1) is 19.6 Å². The largest absolute Gasteiger partial charge is 0.379 e. The zero-order valence-electron chi connectivity index (χ0n) is 12.4. The Morgan fingerprint density at radius 1 is 1.36 bits per heavy atom. The molecule has 1 aromatic rings. The van der Waals surface area contributed by atoms with Crippen molar-refractivity contribution in [2.24, 2.45) is 0 Å². The molecule has 0 atom stereocenters. The van der Waals surface area contributed by atoms with Gasteiger partial charge in [-0.3, -0.25) is 4.79 Å². The van der Waals surface area contributed by atoms with E-state index >= 15 is 0 Å². The first-order valence-electron chi connectivity index (χ1n) is 7.02. The molecule has 0 unspecified atom stereocenters. The lowest BCUT2D eigenvalue weighted by atomic mass is 10.1. The highest BCUT2D eigenvalue weighted by atomic mass is 19.1. The molecule has 1 amide bonds. The second-order valence-electron chi connectivity index (χ2n) is 5.08. The minimum atomic E-state index is -1.10. The molecule has 1 N–H and O–H groups in total. The van der Waals surface area contributed by atoms with E-state index < -0.39 is 17.4 Å². The molecule has 1 aliphatic heterocycles. The van der Waals surface area contributed by atoms with Crippen LogP contribution in [0.5, 0.6) is 0 Å². The van der Waals surface area contributed by atoms with Crippen LogP contribution >= 0.6 is 0 Å². The summed E-state index contributed by atoms with van der Waals surface area (Å²) in [6.07, 6.45) is 0.706. The zero-order chi connectivity index (χ0) is 16.0. The third-order valence-corrected chi connectivity index (χ3v) is 3.30. The Labute approximate surface area is 127 Å². The lowest BCUT2D eigenvalue weighted by molar-refractivity contribution is -0.284. The molecular formula is C15H19F2NO4. The Kier molecular flexibility index (Phi) is 5.82. The molecule has 0 bridgehead atoms. The molecular weight excluding hydrogens is 296 g/mol. The standard InChI is InChI=1S/C15H19F2NO4/c1-20-10-15(21-5-2-6-22-15)8-14(19)18-9-11-3-4-12(16)7-13(11)17/h3-4,7H,2,5-6,8-10H2,1H3,(H,18,19). The predicted molar refractivity (Wildman–Crippen MR) is 73.9 cm³/mol. The van der Waals surface area contributed by atoms with Crippen molar-refractivity contribution in [2.75, 3.05) is 26.9 Å². The van der Waals surface area contributed by atoms with Gasteiger partial charge < -0.3 is 19.5 Å². The highest BCUT2D eigenvalue weighted by Gasteiger charge is 2.37. The van der Waals surface area contributed by atoms with Gasteiger partial charge in [-0.15, -0.1) is 0 Å². The Morgan fingerprint density at radius 2 is 2.09 bits per heavy atom. The molecule has 0 radical (unpaired) electrons. The van der Waals surface area contributed by atoms with Crippen LogP contribution < -0.4 is 5.32 Å². The minimum absolute atomic E-state index is 0.0337. The number of ether oxygens (including phenoxy) is 3. The molecule has 122 valence electrons. The minimum Gasteiger partial charge on any atom is -0.379 e. The van der Waals surface area contributed by atoms with Crippen molar-refractivity contribution in [3.63, 3.8) is 0 Å². The highest BCUT2D eigenvalue weighted by molar-refractivity contribution is 5.76. The van der Waals surface area contributed by atoms with Gasteiger partial charge in [0.1, 0.15) is 18.2 Å². The lowest BCUT2D eigenvalue weighted by Gasteiger charge is -2.36. The van der Waals surface area contributed by atoms with E-state index in [0.717, 1.165) is 18.6 Å². The third-order valence-electron chi connectivity index (χ3n) is 3.30. The fourth-order valence-electron chi connectivity index (χ4n) is 2.24. The number of carbonyl (C=O) groups excluding carboxylic acids is 1. The maximum absolute atomic E-state index is 13.5. The van der Waals surface area contributed by atoms with E-state index in [-0.39, 0.29) is 31.0 Å². The SMILES string of the molecule is COCC1(CC(=O)NCc2ccc(F)cc2F)OCCCO1. The van der Waals surface area contributed by atoms with E-state index in [2.05, 4.69) is 5.32 Å². The maximum Gasteiger partial charge on any atom is 0.225 e. The number of rotatable bonds is 6. The number of nitrogens with one attached hydrogen (secondary N) is 1. The Bertz CT molecular complexity index is 513. The maximum atomic E-state index is 13.5. The Morgan fingerprint density at radius 3 is 2.73 bits per heavy atom. The third kappa shape index (κ3) is 4.46. The fraction of sp³-hybridized carbons (Fsp3) is 0.533. The Balaban J connectivity index is 1.91. The molecule has 0 aromatic heterocycles. The van der Waals surface area contributed by atoms with Crippen LogP contribution in [-0.4, -0.2) is 38.6 Å². The molecule has 5 nitrogen and oxygen atoms in total. The van der Waals surface area contributed by atoms with Crippen LogP contribution in [0.15, 0.2) is 18.2 Å². The summed E-state index contributed by atoms with van der Waals surface area (Å²) in [5.74, 6) is -2.81. The first-order chi connectivity index (χ1) is 10.5. The van der Waals surface area contributed by atoms with E-state index in [9.17, 15) is 13.6 Å². The second-order valence-corrected chi connectivity index (χ2v) is 5.08. The predicted octanol–water partition coefficient (Wildman–Crippen LogP) is 1.75. The van der Waals surface area contributed by atoms with E-state index in [1.165, 1.54) is 13.2 Å². The summed E-state index contributed by atoms with van der Waals surface area (Å²) in [5.41, 5.74) is 0.209. The number of hydrogen-bond donors (Lipinski definition) is 1.